The summed E-state index contributed by atoms with van der Waals surface area (Å²) in [7, 11) is 0. The zero-order valence-corrected chi connectivity index (χ0v) is 9.35. The zero-order valence-electron chi connectivity index (χ0n) is 9.35. The summed E-state index contributed by atoms with van der Waals surface area (Å²) in [4.78, 5) is 22.0. The molecule has 17 heavy (non-hydrogen) atoms. The van der Waals surface area contributed by atoms with Gasteiger partial charge in [-0.25, -0.2) is 9.59 Å². The first-order valence-corrected chi connectivity index (χ1v) is 5.70. The molecule has 1 saturated carbocycles. The summed E-state index contributed by atoms with van der Waals surface area (Å²) in [6.45, 7) is 0. The average Bonchev–Trinajstić information content (AvgIpc) is 2.81. The van der Waals surface area contributed by atoms with E-state index in [-0.39, 0.29) is 17.0 Å². The third-order valence-electron chi connectivity index (χ3n) is 3.32. The van der Waals surface area contributed by atoms with Crippen molar-refractivity contribution in [2.75, 3.05) is 0 Å². The summed E-state index contributed by atoms with van der Waals surface area (Å²) in [5.41, 5.74) is 1.08. The summed E-state index contributed by atoms with van der Waals surface area (Å²) >= 11 is 0. The van der Waals surface area contributed by atoms with Crippen LogP contribution in [0, 0.1) is 0 Å². The van der Waals surface area contributed by atoms with Gasteiger partial charge in [-0.15, -0.1) is 0 Å². The predicted octanol–water partition coefficient (Wildman–Crippen LogP) is 2.74. The SMILES string of the molecule is O=C(O)c1ccc(C(=O)O)c(C2CCCC2)c1. The van der Waals surface area contributed by atoms with E-state index in [1.54, 1.807) is 0 Å². The van der Waals surface area contributed by atoms with Gasteiger partial charge in [-0.2, -0.15) is 0 Å². The normalized spacial score (nSPS) is 16.0. The molecule has 0 aliphatic heterocycles. The smallest absolute Gasteiger partial charge is 0.335 e. The standard InChI is InChI=1S/C13H14O4/c14-12(15)9-5-6-10(13(16)17)11(7-9)8-3-1-2-4-8/h5-8H,1-4H2,(H,14,15)(H,16,17). The Labute approximate surface area is 98.9 Å². The summed E-state index contributed by atoms with van der Waals surface area (Å²) in [6.07, 6.45) is 4.06. The molecule has 0 aromatic heterocycles. The number of hydrogen-bond acceptors (Lipinski definition) is 2. The molecule has 90 valence electrons. The van der Waals surface area contributed by atoms with Crippen LogP contribution in [-0.2, 0) is 0 Å². The molecule has 2 N–H and O–H groups in total. The Bertz CT molecular complexity index is 458. The molecule has 0 heterocycles. The predicted molar refractivity (Wildman–Crippen MR) is 61.6 cm³/mol. The molecule has 1 fully saturated rings. The van der Waals surface area contributed by atoms with Crippen molar-refractivity contribution in [3.05, 3.63) is 34.9 Å². The number of carboxylic acids is 2. The molecule has 0 bridgehead atoms. The molecule has 4 heteroatoms. The molecule has 0 amide bonds. The van der Waals surface area contributed by atoms with Crippen LogP contribution in [0.4, 0.5) is 0 Å². The van der Waals surface area contributed by atoms with Gasteiger partial charge in [0.05, 0.1) is 11.1 Å². The van der Waals surface area contributed by atoms with E-state index < -0.39 is 11.9 Å². The molecule has 2 rings (SSSR count). The minimum absolute atomic E-state index is 0.164. The molecule has 0 atom stereocenters. The van der Waals surface area contributed by atoms with Gasteiger partial charge >= 0.3 is 11.9 Å². The summed E-state index contributed by atoms with van der Waals surface area (Å²) in [5.74, 6) is -1.80. The number of hydrogen-bond donors (Lipinski definition) is 2. The van der Waals surface area contributed by atoms with Crippen LogP contribution >= 0.6 is 0 Å². The van der Waals surface area contributed by atoms with Crippen molar-refractivity contribution < 1.29 is 19.8 Å². The third kappa shape index (κ3) is 2.30. The maximum Gasteiger partial charge on any atom is 0.335 e. The first-order chi connectivity index (χ1) is 8.09. The van der Waals surface area contributed by atoms with E-state index in [1.807, 2.05) is 0 Å². The maximum atomic E-state index is 11.1. The maximum absolute atomic E-state index is 11.1. The van der Waals surface area contributed by atoms with Crippen molar-refractivity contribution in [1.82, 2.24) is 0 Å². The van der Waals surface area contributed by atoms with Gasteiger partial charge in [0, 0.05) is 0 Å². The quantitative estimate of drug-likeness (QED) is 0.843. The van der Waals surface area contributed by atoms with E-state index in [9.17, 15) is 9.59 Å². The molecule has 0 spiro atoms. The average molecular weight is 234 g/mol. The topological polar surface area (TPSA) is 74.6 Å². The Morgan fingerprint density at radius 3 is 2.24 bits per heavy atom. The number of carboxylic acid groups (broad SMARTS) is 2. The molecule has 1 aromatic carbocycles. The Hall–Kier alpha value is -1.84. The first-order valence-electron chi connectivity index (χ1n) is 5.70. The van der Waals surface area contributed by atoms with Crippen molar-refractivity contribution in [1.29, 1.82) is 0 Å². The number of carbonyl (C=O) groups is 2. The minimum atomic E-state index is -1.01. The minimum Gasteiger partial charge on any atom is -0.478 e. The fourth-order valence-electron chi connectivity index (χ4n) is 2.47. The van der Waals surface area contributed by atoms with Crippen LogP contribution in [0.5, 0.6) is 0 Å². The van der Waals surface area contributed by atoms with Gasteiger partial charge in [0.15, 0.2) is 0 Å². The second-order valence-electron chi connectivity index (χ2n) is 4.39. The Kier molecular flexibility index (Phi) is 3.13. The molecular formula is C13H14O4. The molecule has 1 aliphatic rings. The van der Waals surface area contributed by atoms with Crippen molar-refractivity contribution >= 4 is 11.9 Å². The number of rotatable bonds is 3. The van der Waals surface area contributed by atoms with Crippen LogP contribution in [0.2, 0.25) is 0 Å². The van der Waals surface area contributed by atoms with E-state index in [0.29, 0.717) is 5.56 Å². The Balaban J connectivity index is 2.46. The second kappa shape index (κ2) is 4.57. The number of benzene rings is 1. The van der Waals surface area contributed by atoms with Crippen molar-refractivity contribution in [3.8, 4) is 0 Å². The van der Waals surface area contributed by atoms with Gasteiger partial charge in [0.2, 0.25) is 0 Å². The molecular weight excluding hydrogens is 220 g/mol. The van der Waals surface area contributed by atoms with E-state index in [1.165, 1.54) is 18.2 Å². The highest BCUT2D eigenvalue weighted by atomic mass is 16.4. The third-order valence-corrected chi connectivity index (χ3v) is 3.32. The van der Waals surface area contributed by atoms with Crippen LogP contribution in [0.3, 0.4) is 0 Å². The first kappa shape index (κ1) is 11.6. The second-order valence-corrected chi connectivity index (χ2v) is 4.39. The van der Waals surface area contributed by atoms with E-state index >= 15 is 0 Å². The van der Waals surface area contributed by atoms with Crippen LogP contribution in [-0.4, -0.2) is 22.2 Å². The van der Waals surface area contributed by atoms with Crippen LogP contribution in [0.1, 0.15) is 57.9 Å². The molecule has 0 unspecified atom stereocenters. The lowest BCUT2D eigenvalue weighted by Gasteiger charge is -2.13. The van der Waals surface area contributed by atoms with E-state index in [4.69, 9.17) is 10.2 Å². The highest BCUT2D eigenvalue weighted by molar-refractivity contribution is 5.93. The largest absolute Gasteiger partial charge is 0.478 e. The lowest BCUT2D eigenvalue weighted by atomic mass is 9.91. The lowest BCUT2D eigenvalue weighted by molar-refractivity contribution is 0.0679. The zero-order chi connectivity index (χ0) is 12.4. The van der Waals surface area contributed by atoms with Crippen LogP contribution < -0.4 is 0 Å². The Morgan fingerprint density at radius 1 is 1.06 bits per heavy atom. The van der Waals surface area contributed by atoms with Gasteiger partial charge in [0.1, 0.15) is 0 Å². The van der Waals surface area contributed by atoms with Crippen LogP contribution in [0.25, 0.3) is 0 Å². The van der Waals surface area contributed by atoms with Gasteiger partial charge in [-0.1, -0.05) is 12.8 Å². The highest BCUT2D eigenvalue weighted by Gasteiger charge is 2.23. The van der Waals surface area contributed by atoms with Crippen molar-refractivity contribution in [2.45, 2.75) is 31.6 Å². The highest BCUT2D eigenvalue weighted by Crippen LogP contribution is 2.36. The number of aromatic carboxylic acids is 2. The summed E-state index contributed by atoms with van der Waals surface area (Å²) < 4.78 is 0. The fraction of sp³-hybridized carbons (Fsp3) is 0.385. The Morgan fingerprint density at radius 2 is 1.71 bits per heavy atom. The van der Waals surface area contributed by atoms with Gasteiger partial charge in [0.25, 0.3) is 0 Å². The molecule has 1 aromatic rings. The van der Waals surface area contributed by atoms with Crippen LogP contribution in [0.15, 0.2) is 18.2 Å². The van der Waals surface area contributed by atoms with Gasteiger partial charge < -0.3 is 10.2 Å². The summed E-state index contributed by atoms with van der Waals surface area (Å²) in [6, 6.07) is 4.27. The van der Waals surface area contributed by atoms with Crippen molar-refractivity contribution in [2.24, 2.45) is 0 Å². The van der Waals surface area contributed by atoms with Gasteiger partial charge in [-0.05, 0) is 42.5 Å². The van der Waals surface area contributed by atoms with E-state index in [2.05, 4.69) is 0 Å². The fourth-order valence-corrected chi connectivity index (χ4v) is 2.47. The van der Waals surface area contributed by atoms with Gasteiger partial charge in [-0.3, -0.25) is 0 Å². The summed E-state index contributed by atoms with van der Waals surface area (Å²) in [5, 5.41) is 18.0. The molecule has 4 nitrogen and oxygen atoms in total. The molecule has 1 aliphatic carbocycles. The van der Waals surface area contributed by atoms with E-state index in [0.717, 1.165) is 25.7 Å². The lowest BCUT2D eigenvalue weighted by Crippen LogP contribution is -2.08. The van der Waals surface area contributed by atoms with Crippen molar-refractivity contribution in [3.63, 3.8) is 0 Å². The monoisotopic (exact) mass is 234 g/mol. The molecule has 0 saturated heterocycles. The molecule has 0 radical (unpaired) electrons.